The molecule has 0 aliphatic carbocycles. The van der Waals surface area contributed by atoms with Gasteiger partial charge in [0, 0.05) is 40.2 Å². The summed E-state index contributed by atoms with van der Waals surface area (Å²) in [5.41, 5.74) is 5.69. The Morgan fingerprint density at radius 1 is 1.18 bits per heavy atom. The SMILES string of the molecule is CC(C)c1[nH]c(/C=C2\C(=O)Nc3ccc(Br)cc32)c(C(C)C)c1C(=O)NCCN1CCCC1. The molecule has 2 aliphatic rings. The van der Waals surface area contributed by atoms with Crippen LogP contribution in [0.25, 0.3) is 11.6 Å². The summed E-state index contributed by atoms with van der Waals surface area (Å²) >= 11 is 3.51. The van der Waals surface area contributed by atoms with Crippen molar-refractivity contribution >= 4 is 45.1 Å². The Kier molecular flexibility index (Phi) is 7.10. The normalized spacial score (nSPS) is 17.3. The van der Waals surface area contributed by atoms with Crippen LogP contribution in [0.2, 0.25) is 0 Å². The molecule has 33 heavy (non-hydrogen) atoms. The van der Waals surface area contributed by atoms with Crippen molar-refractivity contribution in [2.45, 2.75) is 52.4 Å². The number of rotatable bonds is 7. The number of nitrogens with zero attached hydrogens (tertiary/aromatic N) is 1. The fraction of sp³-hybridized carbons (Fsp3) is 0.462. The highest BCUT2D eigenvalue weighted by Crippen LogP contribution is 2.38. The molecular weight excluding hydrogens is 480 g/mol. The minimum absolute atomic E-state index is 0.0403. The zero-order valence-corrected chi connectivity index (χ0v) is 21.4. The first kappa shape index (κ1) is 23.8. The maximum atomic E-state index is 13.4. The molecule has 0 unspecified atom stereocenters. The lowest BCUT2D eigenvalue weighted by Gasteiger charge is -2.16. The van der Waals surface area contributed by atoms with Crippen LogP contribution < -0.4 is 10.6 Å². The standard InChI is InChI=1S/C26H33BrN4O2/c1-15(2)22-21(14-19-18-13-17(27)7-8-20(18)30-25(19)32)29-24(16(3)4)23(22)26(33)28-9-12-31-10-5-6-11-31/h7-8,13-16,29H,5-6,9-12H2,1-4H3,(H,28,33)(H,30,32)/b19-14-. The molecule has 1 aromatic carbocycles. The highest BCUT2D eigenvalue weighted by Gasteiger charge is 2.29. The summed E-state index contributed by atoms with van der Waals surface area (Å²) in [6, 6.07) is 5.76. The number of carbonyl (C=O) groups is 2. The third-order valence-corrected chi connectivity index (χ3v) is 6.94. The molecule has 0 atom stereocenters. The van der Waals surface area contributed by atoms with E-state index >= 15 is 0 Å². The minimum atomic E-state index is -0.130. The van der Waals surface area contributed by atoms with Crippen molar-refractivity contribution in [1.29, 1.82) is 0 Å². The maximum absolute atomic E-state index is 13.4. The van der Waals surface area contributed by atoms with E-state index in [-0.39, 0.29) is 23.7 Å². The second kappa shape index (κ2) is 9.85. The van der Waals surface area contributed by atoms with Crippen LogP contribution in [-0.2, 0) is 4.79 Å². The topological polar surface area (TPSA) is 77.2 Å². The summed E-state index contributed by atoms with van der Waals surface area (Å²) in [7, 11) is 0. The Bertz CT molecular complexity index is 1090. The first-order valence-corrected chi connectivity index (χ1v) is 12.6. The van der Waals surface area contributed by atoms with Crippen molar-refractivity contribution in [3.05, 3.63) is 50.8 Å². The molecule has 0 bridgehead atoms. The number of likely N-dealkylation sites (tertiary alicyclic amines) is 1. The number of hydrogen-bond acceptors (Lipinski definition) is 3. The second-order valence-electron chi connectivity index (χ2n) is 9.56. The van der Waals surface area contributed by atoms with Gasteiger partial charge in [0.25, 0.3) is 11.8 Å². The molecule has 2 amide bonds. The average molecular weight is 513 g/mol. The molecule has 1 fully saturated rings. The van der Waals surface area contributed by atoms with Crippen LogP contribution in [0.5, 0.6) is 0 Å². The van der Waals surface area contributed by atoms with Gasteiger partial charge >= 0.3 is 0 Å². The minimum Gasteiger partial charge on any atom is -0.358 e. The van der Waals surface area contributed by atoms with E-state index in [2.05, 4.69) is 64.1 Å². The summed E-state index contributed by atoms with van der Waals surface area (Å²) < 4.78 is 0.917. The fourth-order valence-electron chi connectivity index (χ4n) is 4.82. The lowest BCUT2D eigenvalue weighted by molar-refractivity contribution is -0.110. The molecule has 2 aliphatic heterocycles. The van der Waals surface area contributed by atoms with Gasteiger partial charge in [-0.25, -0.2) is 0 Å². The van der Waals surface area contributed by atoms with E-state index in [4.69, 9.17) is 0 Å². The Balaban J connectivity index is 1.70. The van der Waals surface area contributed by atoms with Crippen molar-refractivity contribution in [2.24, 2.45) is 0 Å². The van der Waals surface area contributed by atoms with E-state index in [0.717, 1.165) is 57.9 Å². The predicted octanol–water partition coefficient (Wildman–Crippen LogP) is 5.34. The number of halogens is 1. The van der Waals surface area contributed by atoms with Crippen LogP contribution in [0.15, 0.2) is 22.7 Å². The molecule has 0 radical (unpaired) electrons. The highest BCUT2D eigenvalue weighted by molar-refractivity contribution is 9.10. The largest absolute Gasteiger partial charge is 0.358 e. The summed E-state index contributed by atoms with van der Waals surface area (Å²) in [6.07, 6.45) is 4.38. The molecule has 0 spiro atoms. The summed E-state index contributed by atoms with van der Waals surface area (Å²) in [4.78, 5) is 32.0. The zero-order chi connectivity index (χ0) is 23.7. The number of H-pyrrole nitrogens is 1. The predicted molar refractivity (Wildman–Crippen MR) is 138 cm³/mol. The smallest absolute Gasteiger partial charge is 0.256 e. The molecule has 0 saturated carbocycles. The fourth-order valence-corrected chi connectivity index (χ4v) is 5.18. The summed E-state index contributed by atoms with van der Waals surface area (Å²) in [5, 5.41) is 6.09. The first-order valence-electron chi connectivity index (χ1n) is 11.9. The van der Waals surface area contributed by atoms with Gasteiger partial charge in [0.1, 0.15) is 0 Å². The Labute approximate surface area is 204 Å². The van der Waals surface area contributed by atoms with Crippen molar-refractivity contribution in [2.75, 3.05) is 31.5 Å². The van der Waals surface area contributed by atoms with Gasteiger partial charge in [0.15, 0.2) is 0 Å². The summed E-state index contributed by atoms with van der Waals surface area (Å²) in [5.74, 6) is 0.0934. The first-order chi connectivity index (χ1) is 15.8. The number of benzene rings is 1. The van der Waals surface area contributed by atoms with Gasteiger partial charge < -0.3 is 20.5 Å². The van der Waals surface area contributed by atoms with Crippen LogP contribution in [0.4, 0.5) is 5.69 Å². The van der Waals surface area contributed by atoms with Gasteiger partial charge in [-0.1, -0.05) is 43.6 Å². The van der Waals surface area contributed by atoms with Crippen LogP contribution >= 0.6 is 15.9 Å². The Morgan fingerprint density at radius 2 is 1.91 bits per heavy atom. The monoisotopic (exact) mass is 512 g/mol. The van der Waals surface area contributed by atoms with Gasteiger partial charge in [-0.2, -0.15) is 0 Å². The van der Waals surface area contributed by atoms with E-state index in [1.807, 2.05) is 24.3 Å². The molecule has 4 rings (SSSR count). The molecular formula is C26H33BrN4O2. The zero-order valence-electron chi connectivity index (χ0n) is 19.8. The van der Waals surface area contributed by atoms with Crippen LogP contribution in [0.1, 0.15) is 85.2 Å². The average Bonchev–Trinajstić information content (AvgIpc) is 3.47. The number of aromatic amines is 1. The van der Waals surface area contributed by atoms with Crippen molar-refractivity contribution < 1.29 is 9.59 Å². The Hall–Kier alpha value is -2.38. The third-order valence-electron chi connectivity index (χ3n) is 6.45. The molecule has 3 N–H and O–H groups in total. The molecule has 1 aromatic heterocycles. The van der Waals surface area contributed by atoms with Crippen molar-refractivity contribution in [3.8, 4) is 0 Å². The van der Waals surface area contributed by atoms with Gasteiger partial charge in [-0.05, 0) is 67.6 Å². The molecule has 6 nitrogen and oxygen atoms in total. The second-order valence-corrected chi connectivity index (χ2v) is 10.5. The molecule has 176 valence electrons. The Morgan fingerprint density at radius 3 is 2.58 bits per heavy atom. The van der Waals surface area contributed by atoms with Gasteiger partial charge in [0.05, 0.1) is 11.1 Å². The quantitative estimate of drug-likeness (QED) is 0.438. The van der Waals surface area contributed by atoms with Crippen LogP contribution in [0, 0.1) is 0 Å². The number of amides is 2. The lowest BCUT2D eigenvalue weighted by atomic mass is 9.93. The summed E-state index contributed by atoms with van der Waals surface area (Å²) in [6.45, 7) is 12.1. The molecule has 2 aromatic rings. The third kappa shape index (κ3) is 4.94. The van der Waals surface area contributed by atoms with Gasteiger partial charge in [0.2, 0.25) is 0 Å². The molecule has 1 saturated heterocycles. The molecule has 3 heterocycles. The maximum Gasteiger partial charge on any atom is 0.256 e. The number of fused-ring (bicyclic) bond motifs is 1. The lowest BCUT2D eigenvalue weighted by Crippen LogP contribution is -2.34. The number of hydrogen-bond donors (Lipinski definition) is 3. The number of anilines is 1. The van der Waals surface area contributed by atoms with Crippen molar-refractivity contribution in [1.82, 2.24) is 15.2 Å². The highest BCUT2D eigenvalue weighted by atomic mass is 79.9. The number of aromatic nitrogens is 1. The van der Waals surface area contributed by atoms with E-state index < -0.39 is 0 Å². The van der Waals surface area contributed by atoms with E-state index in [0.29, 0.717) is 12.1 Å². The van der Waals surface area contributed by atoms with E-state index in [9.17, 15) is 9.59 Å². The van der Waals surface area contributed by atoms with E-state index in [1.54, 1.807) is 0 Å². The van der Waals surface area contributed by atoms with Crippen LogP contribution in [0.3, 0.4) is 0 Å². The molecule has 7 heteroatoms. The van der Waals surface area contributed by atoms with E-state index in [1.165, 1.54) is 12.8 Å². The number of nitrogens with one attached hydrogen (secondary N) is 3. The van der Waals surface area contributed by atoms with Crippen LogP contribution in [-0.4, -0.2) is 47.9 Å². The van der Waals surface area contributed by atoms with Gasteiger partial charge in [-0.15, -0.1) is 0 Å². The van der Waals surface area contributed by atoms with Gasteiger partial charge in [-0.3, -0.25) is 9.59 Å². The number of carbonyl (C=O) groups excluding carboxylic acids is 2. The van der Waals surface area contributed by atoms with Crippen molar-refractivity contribution in [3.63, 3.8) is 0 Å².